The smallest absolute Gasteiger partial charge is 0.315 e. The largest absolute Gasteiger partial charge is 0.472 e. The van der Waals surface area contributed by atoms with Crippen molar-refractivity contribution in [3.63, 3.8) is 0 Å². The summed E-state index contributed by atoms with van der Waals surface area (Å²) >= 11 is 0. The van der Waals surface area contributed by atoms with Crippen LogP contribution in [-0.4, -0.2) is 35.4 Å². The van der Waals surface area contributed by atoms with Crippen molar-refractivity contribution in [1.82, 2.24) is 0 Å². The summed E-state index contributed by atoms with van der Waals surface area (Å²) in [4.78, 5) is 37.9. The Balaban J connectivity index is 2.09. The molecule has 0 aliphatic heterocycles. The lowest BCUT2D eigenvalue weighted by molar-refractivity contribution is -0.176. The number of hydrogen-bond donors (Lipinski definition) is 1. The molecule has 1 aromatic rings. The van der Waals surface area contributed by atoms with Crippen molar-refractivity contribution in [2.75, 3.05) is 7.11 Å². The molecule has 1 fully saturated rings. The molecule has 1 N–H and O–H groups in total. The zero-order valence-electron chi connectivity index (χ0n) is 16.2. The van der Waals surface area contributed by atoms with Gasteiger partial charge < -0.3 is 14.3 Å². The van der Waals surface area contributed by atoms with Crippen LogP contribution in [0.5, 0.6) is 0 Å². The van der Waals surface area contributed by atoms with Crippen molar-refractivity contribution >= 4 is 17.5 Å². The van der Waals surface area contributed by atoms with E-state index in [1.165, 1.54) is 25.7 Å². The van der Waals surface area contributed by atoms with E-state index in [1.54, 1.807) is 13.0 Å². The quantitative estimate of drug-likeness (QED) is 0.643. The van der Waals surface area contributed by atoms with Crippen LogP contribution in [0.1, 0.15) is 56.8 Å². The van der Waals surface area contributed by atoms with Gasteiger partial charge in [-0.2, -0.15) is 0 Å². The van der Waals surface area contributed by atoms with Crippen LogP contribution >= 0.6 is 0 Å². The number of ketones is 2. The van der Waals surface area contributed by atoms with Gasteiger partial charge in [0.15, 0.2) is 11.6 Å². The maximum absolute atomic E-state index is 12.8. The molecule has 0 saturated heterocycles. The number of hydrogen-bond acceptors (Lipinski definition) is 6. The van der Waals surface area contributed by atoms with Gasteiger partial charge in [0.05, 0.1) is 18.9 Å². The summed E-state index contributed by atoms with van der Waals surface area (Å²) in [6.45, 7) is 5.48. The number of rotatable bonds is 4. The van der Waals surface area contributed by atoms with Crippen LogP contribution in [-0.2, 0) is 14.3 Å². The van der Waals surface area contributed by atoms with Gasteiger partial charge in [-0.05, 0) is 43.4 Å². The molecule has 2 aliphatic carbocycles. The Bertz CT molecular complexity index is 807. The summed E-state index contributed by atoms with van der Waals surface area (Å²) in [5.74, 6) is -0.922. The van der Waals surface area contributed by atoms with E-state index in [2.05, 4.69) is 0 Å². The Morgan fingerprint density at radius 1 is 1.37 bits per heavy atom. The minimum Gasteiger partial charge on any atom is -0.472 e. The topological polar surface area (TPSA) is 93.8 Å². The van der Waals surface area contributed by atoms with Gasteiger partial charge in [-0.1, -0.05) is 13.8 Å². The summed E-state index contributed by atoms with van der Waals surface area (Å²) in [5, 5.41) is 11.7. The van der Waals surface area contributed by atoms with E-state index in [1.807, 2.05) is 13.8 Å². The first-order chi connectivity index (χ1) is 12.6. The molecule has 0 amide bonds. The number of Topliss-reactive ketones (excluding diaryl/α,β-unsaturated/α-hetero) is 1. The maximum atomic E-state index is 12.8. The minimum absolute atomic E-state index is 0.0488. The van der Waals surface area contributed by atoms with E-state index in [0.717, 1.165) is 0 Å². The molecule has 1 saturated carbocycles. The van der Waals surface area contributed by atoms with Crippen LogP contribution in [0.4, 0.5) is 0 Å². The van der Waals surface area contributed by atoms with Gasteiger partial charge in [-0.25, -0.2) is 0 Å². The third kappa shape index (κ3) is 2.78. The standard InChI is InChI=1S/C21H26O6/c1-13-5-7-21(25)17(9-15(22)10-20(21,3)18(24)26-4)19(13,2)11-16(23)14-6-8-27-12-14/h6,8-9,12-13,25H,5,7,10-11H2,1-4H3/t13-,19+,20+,21+/m0/s1. The van der Waals surface area contributed by atoms with Crippen LogP contribution < -0.4 is 0 Å². The van der Waals surface area contributed by atoms with E-state index >= 15 is 0 Å². The first kappa shape index (κ1) is 19.5. The van der Waals surface area contributed by atoms with Crippen LogP contribution in [0, 0.1) is 16.7 Å². The van der Waals surface area contributed by atoms with Gasteiger partial charge in [0.25, 0.3) is 0 Å². The molecule has 0 bridgehead atoms. The van der Waals surface area contributed by atoms with Gasteiger partial charge in [-0.15, -0.1) is 0 Å². The van der Waals surface area contributed by atoms with Gasteiger partial charge in [0.1, 0.15) is 17.3 Å². The van der Waals surface area contributed by atoms with Gasteiger partial charge >= 0.3 is 5.97 Å². The molecule has 0 unspecified atom stereocenters. The molecule has 27 heavy (non-hydrogen) atoms. The van der Waals surface area contributed by atoms with Crippen molar-refractivity contribution in [1.29, 1.82) is 0 Å². The minimum atomic E-state index is -1.52. The van der Waals surface area contributed by atoms with Crippen LogP contribution in [0.3, 0.4) is 0 Å². The summed E-state index contributed by atoms with van der Waals surface area (Å²) in [6.07, 6.45) is 5.26. The number of esters is 1. The van der Waals surface area contributed by atoms with Crippen LogP contribution in [0.15, 0.2) is 34.7 Å². The van der Waals surface area contributed by atoms with E-state index in [0.29, 0.717) is 24.0 Å². The van der Waals surface area contributed by atoms with E-state index < -0.39 is 22.4 Å². The zero-order chi connectivity index (χ0) is 20.0. The molecule has 2 aliphatic rings. The number of ether oxygens (including phenoxy) is 1. The van der Waals surface area contributed by atoms with E-state index in [9.17, 15) is 19.5 Å². The highest BCUT2D eigenvalue weighted by Gasteiger charge is 2.64. The molecule has 1 aromatic heterocycles. The summed E-state index contributed by atoms with van der Waals surface area (Å²) in [5.41, 5.74) is -2.73. The van der Waals surface area contributed by atoms with Gasteiger partial charge in [0.2, 0.25) is 0 Å². The second-order valence-electron chi connectivity index (χ2n) is 8.35. The normalized spacial score (nSPS) is 36.0. The highest BCUT2D eigenvalue weighted by Crippen LogP contribution is 2.60. The lowest BCUT2D eigenvalue weighted by Crippen LogP contribution is -2.62. The SMILES string of the molecule is COC(=O)[C@@]1(C)CC(=O)C=C2[C@](C)(CC(=O)c3ccoc3)[C@@H](C)CC[C@@]21O. The number of fused-ring (bicyclic) bond motifs is 1. The van der Waals surface area contributed by atoms with E-state index in [4.69, 9.17) is 9.15 Å². The molecule has 4 atom stereocenters. The van der Waals surface area contributed by atoms with Crippen molar-refractivity contribution in [2.45, 2.75) is 52.1 Å². The molecule has 146 valence electrons. The summed E-state index contributed by atoms with van der Waals surface area (Å²) in [7, 11) is 1.26. The first-order valence-electron chi connectivity index (χ1n) is 9.20. The van der Waals surface area contributed by atoms with Crippen LogP contribution in [0.2, 0.25) is 0 Å². The average Bonchev–Trinajstić information content (AvgIpc) is 3.15. The molecule has 0 radical (unpaired) electrons. The number of carbonyl (C=O) groups excluding carboxylic acids is 3. The Morgan fingerprint density at radius 3 is 2.67 bits per heavy atom. The van der Waals surface area contributed by atoms with Crippen molar-refractivity contribution < 1.29 is 28.6 Å². The molecule has 6 nitrogen and oxygen atoms in total. The van der Waals surface area contributed by atoms with Gasteiger partial charge in [0, 0.05) is 18.3 Å². The lowest BCUT2D eigenvalue weighted by Gasteiger charge is -2.56. The second-order valence-corrected chi connectivity index (χ2v) is 8.35. The summed E-state index contributed by atoms with van der Waals surface area (Å²) < 4.78 is 9.94. The highest BCUT2D eigenvalue weighted by atomic mass is 16.5. The molecule has 3 rings (SSSR count). The average molecular weight is 374 g/mol. The number of furan rings is 1. The molecule has 0 aromatic carbocycles. The van der Waals surface area contributed by atoms with E-state index in [-0.39, 0.29) is 30.3 Å². The molecule has 0 spiro atoms. The van der Waals surface area contributed by atoms with Crippen LogP contribution in [0.25, 0.3) is 0 Å². The monoisotopic (exact) mass is 374 g/mol. The Morgan fingerprint density at radius 2 is 2.07 bits per heavy atom. The van der Waals surface area contributed by atoms with Crippen molar-refractivity contribution in [3.05, 3.63) is 35.8 Å². The molecular weight excluding hydrogens is 348 g/mol. The second kappa shape index (κ2) is 6.44. The number of carbonyl (C=O) groups is 3. The van der Waals surface area contributed by atoms with Crippen molar-refractivity contribution in [3.8, 4) is 0 Å². The highest BCUT2D eigenvalue weighted by molar-refractivity contribution is 5.99. The predicted octanol–water partition coefficient (Wildman–Crippen LogP) is 3.10. The lowest BCUT2D eigenvalue weighted by atomic mass is 9.49. The fraction of sp³-hybridized carbons (Fsp3) is 0.571. The molecular formula is C21H26O6. The third-order valence-electron chi connectivity index (χ3n) is 6.84. The molecule has 1 heterocycles. The Kier molecular flexibility index (Phi) is 4.67. The number of aliphatic hydroxyl groups is 1. The number of allylic oxidation sites excluding steroid dienone is 1. The number of methoxy groups -OCH3 is 1. The predicted molar refractivity (Wildman–Crippen MR) is 96.9 cm³/mol. The molecule has 6 heteroatoms. The first-order valence-corrected chi connectivity index (χ1v) is 9.20. The Labute approximate surface area is 158 Å². The third-order valence-corrected chi connectivity index (χ3v) is 6.84. The maximum Gasteiger partial charge on any atom is 0.315 e. The fourth-order valence-corrected chi connectivity index (χ4v) is 4.78. The van der Waals surface area contributed by atoms with Gasteiger partial charge in [-0.3, -0.25) is 14.4 Å². The Hall–Kier alpha value is -2.21. The summed E-state index contributed by atoms with van der Waals surface area (Å²) in [6, 6.07) is 1.60. The zero-order valence-corrected chi connectivity index (χ0v) is 16.2. The van der Waals surface area contributed by atoms with Crippen molar-refractivity contribution in [2.24, 2.45) is 16.7 Å². The fourth-order valence-electron chi connectivity index (χ4n) is 4.78.